The molecule has 96 valence electrons. The van der Waals surface area contributed by atoms with Gasteiger partial charge in [-0.3, -0.25) is 4.98 Å². The molecule has 0 aliphatic carbocycles. The van der Waals surface area contributed by atoms with Crippen LogP contribution in [-0.4, -0.2) is 15.0 Å². The number of rotatable bonds is 4. The summed E-state index contributed by atoms with van der Waals surface area (Å²) < 4.78 is 0. The van der Waals surface area contributed by atoms with E-state index in [0.29, 0.717) is 0 Å². The molecule has 0 amide bonds. The Bertz CT molecular complexity index is 692. The third-order valence-electron chi connectivity index (χ3n) is 2.93. The van der Waals surface area contributed by atoms with Crippen LogP contribution in [0.2, 0.25) is 0 Å². The molecule has 3 aromatic rings. The highest BCUT2D eigenvalue weighted by atomic mass is 32.1. The molecular formula is C14H14N4S. The minimum atomic E-state index is 0.717. The van der Waals surface area contributed by atoms with E-state index in [-0.39, 0.29) is 0 Å². The van der Waals surface area contributed by atoms with Crippen LogP contribution in [0.3, 0.4) is 0 Å². The molecule has 0 fully saturated rings. The smallest absolute Gasteiger partial charge is 0.0890 e. The Hall–Kier alpha value is -1.85. The van der Waals surface area contributed by atoms with Crippen LogP contribution in [-0.2, 0) is 13.1 Å². The van der Waals surface area contributed by atoms with Gasteiger partial charge >= 0.3 is 0 Å². The van der Waals surface area contributed by atoms with Crippen molar-refractivity contribution in [3.8, 4) is 0 Å². The van der Waals surface area contributed by atoms with Crippen LogP contribution in [0.1, 0.15) is 16.3 Å². The maximum absolute atomic E-state index is 4.58. The Labute approximate surface area is 115 Å². The fraction of sp³-hybridized carbons (Fsp3) is 0.214. The zero-order chi connectivity index (χ0) is 13.1. The summed E-state index contributed by atoms with van der Waals surface area (Å²) in [5, 5.41) is 3.38. The molecule has 0 saturated carbocycles. The SMILES string of the molecule is Cc1ncsc1CNCc1cnc2ccccc2n1. The van der Waals surface area contributed by atoms with Crippen molar-refractivity contribution in [1.82, 2.24) is 20.3 Å². The summed E-state index contributed by atoms with van der Waals surface area (Å²) in [6.45, 7) is 3.57. The van der Waals surface area contributed by atoms with Crippen molar-refractivity contribution in [2.75, 3.05) is 0 Å². The monoisotopic (exact) mass is 270 g/mol. The van der Waals surface area contributed by atoms with Crippen molar-refractivity contribution in [3.05, 3.63) is 52.2 Å². The third kappa shape index (κ3) is 2.77. The highest BCUT2D eigenvalue weighted by Gasteiger charge is 2.02. The molecule has 0 saturated heterocycles. The first-order valence-corrected chi connectivity index (χ1v) is 7.01. The van der Waals surface area contributed by atoms with Gasteiger partial charge in [-0.25, -0.2) is 9.97 Å². The Kier molecular flexibility index (Phi) is 3.48. The van der Waals surface area contributed by atoms with Crippen molar-refractivity contribution in [2.45, 2.75) is 20.0 Å². The predicted octanol–water partition coefficient (Wildman–Crippen LogP) is 2.68. The van der Waals surface area contributed by atoms with Gasteiger partial charge in [-0.05, 0) is 19.1 Å². The summed E-state index contributed by atoms with van der Waals surface area (Å²) in [4.78, 5) is 14.5. The average molecular weight is 270 g/mol. The van der Waals surface area contributed by atoms with E-state index in [2.05, 4.69) is 20.3 Å². The van der Waals surface area contributed by atoms with Gasteiger partial charge in [0, 0.05) is 18.0 Å². The van der Waals surface area contributed by atoms with E-state index in [1.54, 1.807) is 11.3 Å². The first kappa shape index (κ1) is 12.2. The van der Waals surface area contributed by atoms with Crippen molar-refractivity contribution < 1.29 is 0 Å². The van der Waals surface area contributed by atoms with Crippen LogP contribution in [0.4, 0.5) is 0 Å². The molecule has 2 aromatic heterocycles. The van der Waals surface area contributed by atoms with Crippen molar-refractivity contribution >= 4 is 22.4 Å². The quantitative estimate of drug-likeness (QED) is 0.792. The van der Waals surface area contributed by atoms with Crippen LogP contribution >= 0.6 is 11.3 Å². The maximum atomic E-state index is 4.58. The lowest BCUT2D eigenvalue weighted by Crippen LogP contribution is -2.13. The second-order valence-electron chi connectivity index (χ2n) is 4.31. The average Bonchev–Trinajstić information content (AvgIpc) is 2.84. The van der Waals surface area contributed by atoms with Crippen LogP contribution in [0.25, 0.3) is 11.0 Å². The summed E-state index contributed by atoms with van der Waals surface area (Å²) in [7, 11) is 0. The van der Waals surface area contributed by atoms with Gasteiger partial charge in [-0.15, -0.1) is 11.3 Å². The van der Waals surface area contributed by atoms with E-state index in [0.717, 1.165) is 35.5 Å². The maximum Gasteiger partial charge on any atom is 0.0890 e. The Morgan fingerprint density at radius 1 is 1.11 bits per heavy atom. The largest absolute Gasteiger partial charge is 0.306 e. The molecule has 0 aliphatic heterocycles. The summed E-state index contributed by atoms with van der Waals surface area (Å²) in [6.07, 6.45) is 1.83. The lowest BCUT2D eigenvalue weighted by atomic mass is 10.3. The van der Waals surface area contributed by atoms with Gasteiger partial charge < -0.3 is 5.32 Å². The first-order chi connectivity index (χ1) is 9.33. The van der Waals surface area contributed by atoms with Crippen LogP contribution in [0, 0.1) is 6.92 Å². The van der Waals surface area contributed by atoms with Crippen molar-refractivity contribution in [2.24, 2.45) is 0 Å². The molecule has 1 aromatic carbocycles. The highest BCUT2D eigenvalue weighted by Crippen LogP contribution is 2.12. The van der Waals surface area contributed by atoms with Gasteiger partial charge in [-0.2, -0.15) is 0 Å². The number of thiazole rings is 1. The molecule has 19 heavy (non-hydrogen) atoms. The minimum Gasteiger partial charge on any atom is -0.306 e. The number of aromatic nitrogens is 3. The highest BCUT2D eigenvalue weighted by molar-refractivity contribution is 7.09. The van der Waals surface area contributed by atoms with Crippen LogP contribution < -0.4 is 5.32 Å². The summed E-state index contributed by atoms with van der Waals surface area (Å²) in [6, 6.07) is 7.91. The molecule has 0 bridgehead atoms. The lowest BCUT2D eigenvalue weighted by molar-refractivity contribution is 0.683. The standard InChI is InChI=1S/C14H14N4S/c1-10-14(19-9-17-10)8-15-6-11-7-16-12-4-2-3-5-13(12)18-11/h2-5,7,9,15H,6,8H2,1H3. The lowest BCUT2D eigenvalue weighted by Gasteiger charge is -2.04. The number of fused-ring (bicyclic) bond motifs is 1. The fourth-order valence-electron chi connectivity index (χ4n) is 1.88. The molecule has 1 N–H and O–H groups in total. The number of hydrogen-bond acceptors (Lipinski definition) is 5. The summed E-state index contributed by atoms with van der Waals surface area (Å²) >= 11 is 1.68. The number of para-hydroxylation sites is 2. The van der Waals surface area contributed by atoms with Gasteiger partial charge in [0.2, 0.25) is 0 Å². The Morgan fingerprint density at radius 2 is 1.95 bits per heavy atom. The molecule has 0 atom stereocenters. The van der Waals surface area contributed by atoms with Crippen LogP contribution in [0.15, 0.2) is 36.0 Å². The normalized spacial score (nSPS) is 11.0. The fourth-order valence-corrected chi connectivity index (χ4v) is 2.63. The number of benzene rings is 1. The zero-order valence-corrected chi connectivity index (χ0v) is 11.4. The molecule has 2 heterocycles. The van der Waals surface area contributed by atoms with E-state index in [1.165, 1.54) is 4.88 Å². The topological polar surface area (TPSA) is 50.7 Å². The zero-order valence-electron chi connectivity index (χ0n) is 10.6. The molecule has 3 rings (SSSR count). The number of hydrogen-bond donors (Lipinski definition) is 1. The third-order valence-corrected chi connectivity index (χ3v) is 3.87. The van der Waals surface area contributed by atoms with E-state index in [4.69, 9.17) is 0 Å². The van der Waals surface area contributed by atoms with Gasteiger partial charge in [0.15, 0.2) is 0 Å². The summed E-state index contributed by atoms with van der Waals surface area (Å²) in [5.41, 5.74) is 5.81. The van der Waals surface area contributed by atoms with E-state index >= 15 is 0 Å². The molecule has 4 nitrogen and oxygen atoms in total. The van der Waals surface area contributed by atoms with Crippen molar-refractivity contribution in [3.63, 3.8) is 0 Å². The van der Waals surface area contributed by atoms with Crippen molar-refractivity contribution in [1.29, 1.82) is 0 Å². The molecule has 5 heteroatoms. The minimum absolute atomic E-state index is 0.717. The van der Waals surface area contributed by atoms with E-state index in [9.17, 15) is 0 Å². The molecule has 0 radical (unpaired) electrons. The first-order valence-electron chi connectivity index (χ1n) is 6.13. The Balaban J connectivity index is 1.67. The number of aryl methyl sites for hydroxylation is 1. The van der Waals surface area contributed by atoms with Gasteiger partial charge in [0.05, 0.1) is 34.1 Å². The Morgan fingerprint density at radius 3 is 2.74 bits per heavy atom. The van der Waals surface area contributed by atoms with Gasteiger partial charge in [-0.1, -0.05) is 12.1 Å². The van der Waals surface area contributed by atoms with Gasteiger partial charge in [0.1, 0.15) is 0 Å². The molecular weight excluding hydrogens is 256 g/mol. The molecule has 0 unspecified atom stereocenters. The van der Waals surface area contributed by atoms with Crippen LogP contribution in [0.5, 0.6) is 0 Å². The predicted molar refractivity (Wildman–Crippen MR) is 76.9 cm³/mol. The second-order valence-corrected chi connectivity index (χ2v) is 5.25. The summed E-state index contributed by atoms with van der Waals surface area (Å²) in [5.74, 6) is 0. The number of nitrogens with zero attached hydrogens (tertiary/aromatic N) is 3. The second kappa shape index (κ2) is 5.42. The van der Waals surface area contributed by atoms with E-state index < -0.39 is 0 Å². The number of nitrogens with one attached hydrogen (secondary N) is 1. The van der Waals surface area contributed by atoms with Gasteiger partial charge in [0.25, 0.3) is 0 Å². The van der Waals surface area contributed by atoms with E-state index in [1.807, 2.05) is 42.9 Å². The molecule has 0 spiro atoms. The molecule has 0 aliphatic rings.